The van der Waals surface area contributed by atoms with Crippen LogP contribution < -0.4 is 15.2 Å². The fourth-order valence-corrected chi connectivity index (χ4v) is 2.39. The van der Waals surface area contributed by atoms with Crippen molar-refractivity contribution in [3.05, 3.63) is 66.2 Å². The first-order valence-corrected chi connectivity index (χ1v) is 7.71. The van der Waals surface area contributed by atoms with Crippen molar-refractivity contribution in [2.45, 2.75) is 6.04 Å². The minimum absolute atomic E-state index is 0.500. The first-order valence-electron chi connectivity index (χ1n) is 6.16. The Morgan fingerprint density at radius 2 is 1.48 bits per heavy atom. The van der Waals surface area contributed by atoms with E-state index in [1.165, 1.54) is 0 Å². The third-order valence-corrected chi connectivity index (χ3v) is 3.28. The molecule has 2 rings (SSSR count). The molecule has 0 aliphatic carbocycles. The first-order chi connectivity index (χ1) is 9.96. The van der Waals surface area contributed by atoms with E-state index in [4.69, 9.17) is 5.14 Å². The Balaban J connectivity index is 2.25. The van der Waals surface area contributed by atoms with Gasteiger partial charge in [-0.25, -0.2) is 5.14 Å². The lowest BCUT2D eigenvalue weighted by molar-refractivity contribution is -0.117. The quantitative estimate of drug-likeness (QED) is 0.772. The zero-order valence-corrected chi connectivity index (χ0v) is 11.9. The van der Waals surface area contributed by atoms with Crippen LogP contribution >= 0.6 is 0 Å². The summed E-state index contributed by atoms with van der Waals surface area (Å²) in [6.07, 6.45) is 0. The van der Waals surface area contributed by atoms with Crippen LogP contribution in [0.25, 0.3) is 0 Å². The summed E-state index contributed by atoms with van der Waals surface area (Å²) in [6, 6.07) is 16.1. The average Bonchev–Trinajstić information content (AvgIpc) is 2.46. The van der Waals surface area contributed by atoms with Crippen LogP contribution in [0.2, 0.25) is 0 Å². The molecule has 110 valence electrons. The van der Waals surface area contributed by atoms with E-state index in [2.05, 4.69) is 10.0 Å². The van der Waals surface area contributed by atoms with E-state index in [9.17, 15) is 13.2 Å². The van der Waals surface area contributed by atoms with Gasteiger partial charge >= 0.3 is 0 Å². The molecule has 0 aliphatic rings. The third-order valence-electron chi connectivity index (χ3n) is 2.72. The van der Waals surface area contributed by atoms with Gasteiger partial charge in [0, 0.05) is 5.69 Å². The Bertz CT molecular complexity index is 703. The van der Waals surface area contributed by atoms with Crippen LogP contribution in [0.4, 0.5) is 5.69 Å². The highest BCUT2D eigenvalue weighted by Gasteiger charge is 2.24. The molecule has 1 amide bonds. The standard InChI is InChI=1S/C14H15N3O3S/c15-21(19,20)17-13(11-7-3-1-4-8-11)14(18)16-12-9-5-2-6-10-12/h1-10,13,17H,(H,16,18)(H2,15,19,20). The molecule has 0 fully saturated rings. The second-order valence-corrected chi connectivity index (χ2v) is 5.69. The summed E-state index contributed by atoms with van der Waals surface area (Å²) < 4.78 is 24.6. The molecule has 2 aromatic carbocycles. The van der Waals surface area contributed by atoms with Crippen molar-refractivity contribution in [1.82, 2.24) is 4.72 Å². The highest BCUT2D eigenvalue weighted by Crippen LogP contribution is 2.16. The molecule has 4 N–H and O–H groups in total. The number of carbonyl (C=O) groups is 1. The van der Waals surface area contributed by atoms with E-state index in [0.717, 1.165) is 0 Å². The zero-order valence-electron chi connectivity index (χ0n) is 11.1. The molecule has 0 radical (unpaired) electrons. The lowest BCUT2D eigenvalue weighted by atomic mass is 10.1. The molecule has 1 unspecified atom stereocenters. The van der Waals surface area contributed by atoms with Crippen LogP contribution in [0, 0.1) is 0 Å². The Labute approximate surface area is 123 Å². The summed E-state index contributed by atoms with van der Waals surface area (Å²) in [6.45, 7) is 0. The third kappa shape index (κ3) is 4.67. The van der Waals surface area contributed by atoms with Gasteiger partial charge in [-0.3, -0.25) is 4.79 Å². The van der Waals surface area contributed by atoms with Gasteiger partial charge in [-0.05, 0) is 17.7 Å². The van der Waals surface area contributed by atoms with Gasteiger partial charge in [0.2, 0.25) is 5.91 Å². The van der Waals surface area contributed by atoms with Crippen molar-refractivity contribution in [2.24, 2.45) is 5.14 Å². The van der Waals surface area contributed by atoms with Crippen molar-refractivity contribution in [3.63, 3.8) is 0 Å². The Kier molecular flexibility index (Phi) is 4.69. The van der Waals surface area contributed by atoms with Crippen molar-refractivity contribution in [3.8, 4) is 0 Å². The van der Waals surface area contributed by atoms with Crippen molar-refractivity contribution >= 4 is 21.8 Å². The van der Waals surface area contributed by atoms with E-state index in [-0.39, 0.29) is 0 Å². The normalized spacial score (nSPS) is 12.6. The number of hydrogen-bond acceptors (Lipinski definition) is 3. The molecule has 0 aromatic heterocycles. The molecule has 0 spiro atoms. The van der Waals surface area contributed by atoms with Crippen LogP contribution in [-0.2, 0) is 15.0 Å². The van der Waals surface area contributed by atoms with Crippen LogP contribution in [-0.4, -0.2) is 14.3 Å². The number of benzene rings is 2. The number of anilines is 1. The molecule has 0 bridgehead atoms. The predicted octanol–water partition coefficient (Wildman–Crippen LogP) is 1.16. The number of nitrogens with one attached hydrogen (secondary N) is 2. The summed E-state index contributed by atoms with van der Waals surface area (Å²) >= 11 is 0. The van der Waals surface area contributed by atoms with Gasteiger partial charge in [0.05, 0.1) is 0 Å². The lowest BCUT2D eigenvalue weighted by Crippen LogP contribution is -2.40. The molecule has 0 heterocycles. The molecule has 21 heavy (non-hydrogen) atoms. The van der Waals surface area contributed by atoms with Gasteiger partial charge in [0.1, 0.15) is 6.04 Å². The summed E-state index contributed by atoms with van der Waals surface area (Å²) in [5, 5.41) is 7.63. The molecule has 2 aromatic rings. The molecule has 1 atom stereocenters. The number of carbonyl (C=O) groups excluding carboxylic acids is 1. The van der Waals surface area contributed by atoms with E-state index < -0.39 is 22.2 Å². The maximum absolute atomic E-state index is 12.3. The smallest absolute Gasteiger partial charge is 0.275 e. The fourth-order valence-electron chi connectivity index (χ4n) is 1.82. The van der Waals surface area contributed by atoms with Crippen LogP contribution in [0.3, 0.4) is 0 Å². The second-order valence-electron chi connectivity index (χ2n) is 4.36. The average molecular weight is 305 g/mol. The van der Waals surface area contributed by atoms with Crippen molar-refractivity contribution in [2.75, 3.05) is 5.32 Å². The van der Waals surface area contributed by atoms with Crippen molar-refractivity contribution in [1.29, 1.82) is 0 Å². The van der Waals surface area contributed by atoms with Crippen LogP contribution in [0.15, 0.2) is 60.7 Å². The van der Waals surface area contributed by atoms with Gasteiger partial charge < -0.3 is 5.32 Å². The summed E-state index contributed by atoms with van der Waals surface area (Å²) in [7, 11) is -4.02. The number of para-hydroxylation sites is 1. The topological polar surface area (TPSA) is 101 Å². The zero-order chi connectivity index (χ0) is 15.3. The molecular formula is C14H15N3O3S. The molecule has 6 nitrogen and oxygen atoms in total. The maximum atomic E-state index is 12.3. The van der Waals surface area contributed by atoms with Gasteiger partial charge in [0.25, 0.3) is 10.2 Å². The highest BCUT2D eigenvalue weighted by molar-refractivity contribution is 7.87. The first kappa shape index (κ1) is 15.2. The number of amides is 1. The second kappa shape index (κ2) is 6.49. The Morgan fingerprint density at radius 3 is 2.00 bits per heavy atom. The Morgan fingerprint density at radius 1 is 0.952 bits per heavy atom. The van der Waals surface area contributed by atoms with Gasteiger partial charge in [-0.2, -0.15) is 13.1 Å². The monoisotopic (exact) mass is 305 g/mol. The van der Waals surface area contributed by atoms with Gasteiger partial charge in [0.15, 0.2) is 0 Å². The maximum Gasteiger partial charge on any atom is 0.275 e. The van der Waals surface area contributed by atoms with E-state index in [1.54, 1.807) is 54.6 Å². The largest absolute Gasteiger partial charge is 0.324 e. The molecule has 0 aliphatic heterocycles. The SMILES string of the molecule is NS(=O)(=O)NC(C(=O)Nc1ccccc1)c1ccccc1. The predicted molar refractivity (Wildman–Crippen MR) is 80.5 cm³/mol. The van der Waals surface area contributed by atoms with Crippen molar-refractivity contribution < 1.29 is 13.2 Å². The minimum atomic E-state index is -4.02. The van der Waals surface area contributed by atoms with E-state index in [0.29, 0.717) is 11.3 Å². The molecular weight excluding hydrogens is 290 g/mol. The molecule has 0 saturated heterocycles. The summed E-state index contributed by atoms with van der Waals surface area (Å²) in [4.78, 5) is 12.3. The number of hydrogen-bond donors (Lipinski definition) is 3. The summed E-state index contributed by atoms with van der Waals surface area (Å²) in [5.41, 5.74) is 1.07. The molecule has 7 heteroatoms. The number of rotatable bonds is 5. The minimum Gasteiger partial charge on any atom is -0.324 e. The molecule has 0 saturated carbocycles. The summed E-state index contributed by atoms with van der Waals surface area (Å²) in [5.74, 6) is -0.513. The Hall–Kier alpha value is -2.22. The van der Waals surface area contributed by atoms with E-state index >= 15 is 0 Å². The van der Waals surface area contributed by atoms with E-state index in [1.807, 2.05) is 6.07 Å². The number of nitrogens with two attached hydrogens (primary N) is 1. The lowest BCUT2D eigenvalue weighted by Gasteiger charge is -2.17. The highest BCUT2D eigenvalue weighted by atomic mass is 32.2. The van der Waals surface area contributed by atoms with Gasteiger partial charge in [-0.1, -0.05) is 48.5 Å². The van der Waals surface area contributed by atoms with Gasteiger partial charge in [-0.15, -0.1) is 0 Å². The van der Waals surface area contributed by atoms with Crippen LogP contribution in [0.1, 0.15) is 11.6 Å². The fraction of sp³-hybridized carbons (Fsp3) is 0.0714. The van der Waals surface area contributed by atoms with Crippen LogP contribution in [0.5, 0.6) is 0 Å².